The van der Waals surface area contributed by atoms with Crippen LogP contribution in [0.2, 0.25) is 4.34 Å². The van der Waals surface area contributed by atoms with Crippen molar-refractivity contribution < 1.29 is 9.59 Å². The van der Waals surface area contributed by atoms with Gasteiger partial charge in [0.1, 0.15) is 0 Å². The quantitative estimate of drug-likeness (QED) is 0.931. The highest BCUT2D eigenvalue weighted by atomic mass is 35.5. The van der Waals surface area contributed by atoms with E-state index in [-0.39, 0.29) is 17.7 Å². The Bertz CT molecular complexity index is 467. The SMILES string of the molecule is CC(=O)N1CCC(C(=O)NCc2ccc(Cl)s2)CC1. The highest BCUT2D eigenvalue weighted by molar-refractivity contribution is 7.16. The zero-order chi connectivity index (χ0) is 13.8. The maximum absolute atomic E-state index is 12.0. The van der Waals surface area contributed by atoms with E-state index in [1.54, 1.807) is 11.8 Å². The lowest BCUT2D eigenvalue weighted by atomic mass is 9.96. The number of likely N-dealkylation sites (tertiary alicyclic amines) is 1. The number of halogens is 1. The minimum Gasteiger partial charge on any atom is -0.351 e. The van der Waals surface area contributed by atoms with E-state index in [0.717, 1.165) is 22.1 Å². The van der Waals surface area contributed by atoms with Crippen LogP contribution >= 0.6 is 22.9 Å². The summed E-state index contributed by atoms with van der Waals surface area (Å²) in [4.78, 5) is 26.1. The Labute approximate surface area is 121 Å². The van der Waals surface area contributed by atoms with Crippen LogP contribution in [0.1, 0.15) is 24.6 Å². The number of nitrogens with one attached hydrogen (secondary N) is 1. The van der Waals surface area contributed by atoms with Gasteiger partial charge in [-0.25, -0.2) is 0 Å². The van der Waals surface area contributed by atoms with Crippen LogP contribution in [0.15, 0.2) is 12.1 Å². The summed E-state index contributed by atoms with van der Waals surface area (Å²) in [5, 5.41) is 2.94. The van der Waals surface area contributed by atoms with Gasteiger partial charge in [-0.2, -0.15) is 0 Å². The summed E-state index contributed by atoms with van der Waals surface area (Å²) in [6.07, 6.45) is 1.49. The summed E-state index contributed by atoms with van der Waals surface area (Å²) in [5.41, 5.74) is 0. The molecule has 1 aliphatic rings. The highest BCUT2D eigenvalue weighted by Gasteiger charge is 2.25. The van der Waals surface area contributed by atoms with Crippen LogP contribution in [0.5, 0.6) is 0 Å². The Morgan fingerprint density at radius 1 is 1.42 bits per heavy atom. The van der Waals surface area contributed by atoms with Crippen molar-refractivity contribution in [2.45, 2.75) is 26.3 Å². The van der Waals surface area contributed by atoms with E-state index in [2.05, 4.69) is 5.32 Å². The molecule has 2 rings (SSSR count). The molecule has 0 saturated carbocycles. The van der Waals surface area contributed by atoms with Crippen LogP contribution in [0.4, 0.5) is 0 Å². The third kappa shape index (κ3) is 3.94. The lowest BCUT2D eigenvalue weighted by molar-refractivity contribution is -0.134. The highest BCUT2D eigenvalue weighted by Crippen LogP contribution is 2.22. The van der Waals surface area contributed by atoms with E-state index in [9.17, 15) is 9.59 Å². The van der Waals surface area contributed by atoms with Gasteiger partial charge in [0.05, 0.1) is 10.9 Å². The van der Waals surface area contributed by atoms with Gasteiger partial charge < -0.3 is 10.2 Å². The van der Waals surface area contributed by atoms with E-state index in [0.29, 0.717) is 19.6 Å². The number of rotatable bonds is 3. The largest absolute Gasteiger partial charge is 0.351 e. The van der Waals surface area contributed by atoms with Gasteiger partial charge in [0.25, 0.3) is 0 Å². The number of carbonyl (C=O) groups excluding carboxylic acids is 2. The van der Waals surface area contributed by atoms with Crippen molar-refractivity contribution in [3.63, 3.8) is 0 Å². The van der Waals surface area contributed by atoms with E-state index in [4.69, 9.17) is 11.6 Å². The first kappa shape index (κ1) is 14.3. The molecule has 0 aromatic carbocycles. The van der Waals surface area contributed by atoms with Gasteiger partial charge in [-0.05, 0) is 25.0 Å². The Balaban J connectivity index is 1.77. The average molecular weight is 301 g/mol. The van der Waals surface area contributed by atoms with Crippen molar-refractivity contribution in [2.75, 3.05) is 13.1 Å². The van der Waals surface area contributed by atoms with Gasteiger partial charge in [0.15, 0.2) is 0 Å². The summed E-state index contributed by atoms with van der Waals surface area (Å²) >= 11 is 7.32. The molecular formula is C13H17ClN2O2S. The second kappa shape index (κ2) is 6.39. The molecule has 4 nitrogen and oxygen atoms in total. The molecule has 0 atom stereocenters. The standard InChI is InChI=1S/C13H17ClN2O2S/c1-9(17)16-6-4-10(5-7-16)13(18)15-8-11-2-3-12(14)19-11/h2-3,10H,4-8H2,1H3,(H,15,18). The lowest BCUT2D eigenvalue weighted by Gasteiger charge is -2.30. The third-order valence-corrected chi connectivity index (χ3v) is 4.61. The normalized spacial score (nSPS) is 16.4. The Kier molecular flexibility index (Phi) is 4.82. The molecule has 1 aliphatic heterocycles. The Morgan fingerprint density at radius 2 is 2.11 bits per heavy atom. The Hall–Kier alpha value is -1.07. The first-order valence-electron chi connectivity index (χ1n) is 6.33. The number of carbonyl (C=O) groups is 2. The van der Waals surface area contributed by atoms with Gasteiger partial charge in [0, 0.05) is 30.8 Å². The second-order valence-electron chi connectivity index (χ2n) is 4.70. The van der Waals surface area contributed by atoms with Gasteiger partial charge in [-0.1, -0.05) is 11.6 Å². The maximum Gasteiger partial charge on any atom is 0.223 e. The molecule has 1 fully saturated rings. The van der Waals surface area contributed by atoms with Crippen LogP contribution in [0.25, 0.3) is 0 Å². The zero-order valence-corrected chi connectivity index (χ0v) is 12.4. The van der Waals surface area contributed by atoms with Gasteiger partial charge in [0.2, 0.25) is 11.8 Å². The summed E-state index contributed by atoms with van der Waals surface area (Å²) in [5.74, 6) is 0.186. The summed E-state index contributed by atoms with van der Waals surface area (Å²) in [6, 6.07) is 3.75. The average Bonchev–Trinajstić information content (AvgIpc) is 2.82. The molecule has 0 radical (unpaired) electrons. The van der Waals surface area contributed by atoms with Crippen LogP contribution < -0.4 is 5.32 Å². The van der Waals surface area contributed by atoms with E-state index in [1.165, 1.54) is 11.3 Å². The topological polar surface area (TPSA) is 49.4 Å². The van der Waals surface area contributed by atoms with Gasteiger partial charge in [-0.3, -0.25) is 9.59 Å². The molecule has 19 heavy (non-hydrogen) atoms. The smallest absolute Gasteiger partial charge is 0.223 e. The van der Waals surface area contributed by atoms with Crippen LogP contribution in [-0.2, 0) is 16.1 Å². The number of piperidine rings is 1. The molecule has 0 unspecified atom stereocenters. The van der Waals surface area contributed by atoms with E-state index in [1.807, 2.05) is 12.1 Å². The molecule has 2 heterocycles. The minimum absolute atomic E-state index is 0.0195. The molecule has 1 aromatic rings. The van der Waals surface area contributed by atoms with Gasteiger partial charge in [-0.15, -0.1) is 11.3 Å². The van der Waals surface area contributed by atoms with Crippen molar-refractivity contribution >= 4 is 34.8 Å². The van der Waals surface area contributed by atoms with Gasteiger partial charge >= 0.3 is 0 Å². The first-order valence-corrected chi connectivity index (χ1v) is 7.53. The van der Waals surface area contributed by atoms with Crippen LogP contribution in [0.3, 0.4) is 0 Å². The number of hydrogen-bond acceptors (Lipinski definition) is 3. The number of amides is 2. The molecule has 1 N–H and O–H groups in total. The Morgan fingerprint density at radius 3 is 2.63 bits per heavy atom. The molecule has 1 saturated heterocycles. The molecule has 0 bridgehead atoms. The number of nitrogens with zero attached hydrogens (tertiary/aromatic N) is 1. The molecule has 0 aliphatic carbocycles. The first-order chi connectivity index (χ1) is 9.06. The second-order valence-corrected chi connectivity index (χ2v) is 6.50. The molecule has 1 aromatic heterocycles. The monoisotopic (exact) mass is 300 g/mol. The van der Waals surface area contributed by atoms with Crippen molar-refractivity contribution in [3.05, 3.63) is 21.3 Å². The molecule has 2 amide bonds. The number of thiophene rings is 1. The van der Waals surface area contributed by atoms with Crippen molar-refractivity contribution in [1.29, 1.82) is 0 Å². The molecule has 104 valence electrons. The zero-order valence-electron chi connectivity index (χ0n) is 10.8. The molecule has 6 heteroatoms. The summed E-state index contributed by atoms with van der Waals surface area (Å²) in [6.45, 7) is 3.46. The summed E-state index contributed by atoms with van der Waals surface area (Å²) in [7, 11) is 0. The predicted octanol–water partition coefficient (Wildman–Crippen LogP) is 2.28. The van der Waals surface area contributed by atoms with Crippen LogP contribution in [0, 0.1) is 5.92 Å². The lowest BCUT2D eigenvalue weighted by Crippen LogP contribution is -2.42. The maximum atomic E-state index is 12.0. The van der Waals surface area contributed by atoms with Crippen molar-refractivity contribution in [2.24, 2.45) is 5.92 Å². The van der Waals surface area contributed by atoms with Crippen molar-refractivity contribution in [1.82, 2.24) is 10.2 Å². The van der Waals surface area contributed by atoms with Crippen LogP contribution in [-0.4, -0.2) is 29.8 Å². The number of hydrogen-bond donors (Lipinski definition) is 1. The predicted molar refractivity (Wildman–Crippen MR) is 76.2 cm³/mol. The summed E-state index contributed by atoms with van der Waals surface area (Å²) < 4.78 is 0.735. The van der Waals surface area contributed by atoms with E-state index >= 15 is 0 Å². The van der Waals surface area contributed by atoms with Crippen molar-refractivity contribution in [3.8, 4) is 0 Å². The van der Waals surface area contributed by atoms with E-state index < -0.39 is 0 Å². The molecular weight excluding hydrogens is 284 g/mol. The fourth-order valence-electron chi connectivity index (χ4n) is 2.22. The fraction of sp³-hybridized carbons (Fsp3) is 0.538. The minimum atomic E-state index is 0.0195. The third-order valence-electron chi connectivity index (χ3n) is 3.38. The molecule has 0 spiro atoms. The fourth-order valence-corrected chi connectivity index (χ4v) is 3.25.